The van der Waals surface area contributed by atoms with E-state index in [1.165, 1.54) is 0 Å². The minimum Gasteiger partial charge on any atom is -0.492 e. The van der Waals surface area contributed by atoms with Crippen LogP contribution in [0.15, 0.2) is 28.7 Å². The fourth-order valence-electron chi connectivity index (χ4n) is 1.21. The second kappa shape index (κ2) is 7.65. The average Bonchev–Trinajstić information content (AvgIpc) is 2.28. The minimum absolute atomic E-state index is 0.222. The molecule has 1 aromatic rings. The van der Waals surface area contributed by atoms with Gasteiger partial charge in [-0.1, -0.05) is 28.9 Å². The second-order valence-electron chi connectivity index (χ2n) is 3.80. The van der Waals surface area contributed by atoms with Gasteiger partial charge in [0.25, 0.3) is 0 Å². The van der Waals surface area contributed by atoms with Crippen molar-refractivity contribution >= 4 is 15.9 Å². The zero-order chi connectivity index (χ0) is 11.8. The molecule has 1 unspecified atom stereocenters. The molecule has 0 bridgehead atoms. The lowest BCUT2D eigenvalue weighted by Gasteiger charge is -2.10. The number of benzene rings is 1. The molecule has 0 spiro atoms. The van der Waals surface area contributed by atoms with E-state index in [1.807, 2.05) is 31.2 Å². The summed E-state index contributed by atoms with van der Waals surface area (Å²) in [6.07, 6.45) is 0. The van der Waals surface area contributed by atoms with E-state index >= 15 is 0 Å². The molecule has 1 aromatic carbocycles. The van der Waals surface area contributed by atoms with Crippen LogP contribution in [0, 0.1) is 5.92 Å². The van der Waals surface area contributed by atoms with Gasteiger partial charge in [0.15, 0.2) is 0 Å². The third-order valence-electron chi connectivity index (χ3n) is 2.15. The first-order chi connectivity index (χ1) is 7.72. The monoisotopic (exact) mass is 287 g/mol. The van der Waals surface area contributed by atoms with Crippen molar-refractivity contribution in [2.24, 2.45) is 5.92 Å². The summed E-state index contributed by atoms with van der Waals surface area (Å²) in [4.78, 5) is 0. The number of ether oxygens (including phenoxy) is 1. The van der Waals surface area contributed by atoms with Crippen molar-refractivity contribution in [2.75, 3.05) is 26.3 Å². The van der Waals surface area contributed by atoms with Crippen LogP contribution in [-0.4, -0.2) is 31.4 Å². The van der Waals surface area contributed by atoms with Gasteiger partial charge in [0.1, 0.15) is 12.4 Å². The first-order valence-electron chi connectivity index (χ1n) is 5.42. The van der Waals surface area contributed by atoms with E-state index in [1.54, 1.807) is 0 Å². The fraction of sp³-hybridized carbons (Fsp3) is 0.500. The molecule has 1 rings (SSSR count). The zero-order valence-corrected chi connectivity index (χ0v) is 11.0. The zero-order valence-electron chi connectivity index (χ0n) is 9.45. The smallest absolute Gasteiger partial charge is 0.120 e. The predicted octanol–water partition coefficient (Wildman–Crippen LogP) is 2.05. The number of halogens is 1. The molecule has 16 heavy (non-hydrogen) atoms. The van der Waals surface area contributed by atoms with Crippen LogP contribution in [0.4, 0.5) is 0 Å². The Labute approximate surface area is 105 Å². The van der Waals surface area contributed by atoms with Crippen LogP contribution in [0.5, 0.6) is 5.75 Å². The van der Waals surface area contributed by atoms with Crippen molar-refractivity contribution in [3.05, 3.63) is 28.7 Å². The highest BCUT2D eigenvalue weighted by atomic mass is 79.9. The number of rotatable bonds is 7. The topological polar surface area (TPSA) is 41.5 Å². The maximum Gasteiger partial charge on any atom is 0.120 e. The number of hydrogen-bond acceptors (Lipinski definition) is 3. The van der Waals surface area contributed by atoms with Crippen LogP contribution in [-0.2, 0) is 0 Å². The van der Waals surface area contributed by atoms with Gasteiger partial charge >= 0.3 is 0 Å². The van der Waals surface area contributed by atoms with E-state index < -0.39 is 0 Å². The first kappa shape index (κ1) is 13.5. The maximum absolute atomic E-state index is 8.82. The Morgan fingerprint density at radius 3 is 3.00 bits per heavy atom. The Hall–Kier alpha value is -0.580. The molecular formula is C12H18BrNO2. The Bertz CT molecular complexity index is 307. The lowest BCUT2D eigenvalue weighted by Crippen LogP contribution is -2.27. The lowest BCUT2D eigenvalue weighted by atomic mass is 10.2. The van der Waals surface area contributed by atoms with Crippen molar-refractivity contribution < 1.29 is 9.84 Å². The van der Waals surface area contributed by atoms with Gasteiger partial charge in [-0.2, -0.15) is 0 Å². The highest BCUT2D eigenvalue weighted by Crippen LogP contribution is 2.17. The molecule has 0 aromatic heterocycles. The van der Waals surface area contributed by atoms with Crippen LogP contribution in [0.2, 0.25) is 0 Å². The summed E-state index contributed by atoms with van der Waals surface area (Å²) < 4.78 is 6.57. The summed E-state index contributed by atoms with van der Waals surface area (Å²) in [5.74, 6) is 1.16. The van der Waals surface area contributed by atoms with Crippen LogP contribution in [0.3, 0.4) is 0 Å². The van der Waals surface area contributed by atoms with E-state index in [-0.39, 0.29) is 6.61 Å². The summed E-state index contributed by atoms with van der Waals surface area (Å²) in [7, 11) is 0. The van der Waals surface area contributed by atoms with Crippen molar-refractivity contribution in [1.29, 1.82) is 0 Å². The molecule has 0 aliphatic carbocycles. The molecule has 0 fully saturated rings. The first-order valence-corrected chi connectivity index (χ1v) is 6.21. The lowest BCUT2D eigenvalue weighted by molar-refractivity contribution is 0.230. The molecule has 3 nitrogen and oxygen atoms in total. The van der Waals surface area contributed by atoms with E-state index in [9.17, 15) is 0 Å². The van der Waals surface area contributed by atoms with E-state index in [2.05, 4.69) is 21.2 Å². The maximum atomic E-state index is 8.82. The second-order valence-corrected chi connectivity index (χ2v) is 4.71. The van der Waals surface area contributed by atoms with Crippen LogP contribution < -0.4 is 10.1 Å². The summed E-state index contributed by atoms with van der Waals surface area (Å²) >= 11 is 3.39. The molecule has 0 aliphatic heterocycles. The van der Waals surface area contributed by atoms with Gasteiger partial charge in [-0.05, 0) is 24.1 Å². The van der Waals surface area contributed by atoms with Gasteiger partial charge in [0.05, 0.1) is 0 Å². The normalized spacial score (nSPS) is 12.4. The highest BCUT2D eigenvalue weighted by molar-refractivity contribution is 9.10. The standard InChI is InChI=1S/C12H18BrNO2/c1-10(9-15)8-14-5-6-16-12-4-2-3-11(13)7-12/h2-4,7,10,14-15H,5-6,8-9H2,1H3. The van der Waals surface area contributed by atoms with E-state index in [4.69, 9.17) is 9.84 Å². The van der Waals surface area contributed by atoms with Gasteiger partial charge in [-0.15, -0.1) is 0 Å². The van der Waals surface area contributed by atoms with Gasteiger partial charge in [-0.3, -0.25) is 0 Å². The molecule has 0 radical (unpaired) electrons. The number of aliphatic hydroxyl groups is 1. The van der Waals surface area contributed by atoms with Crippen LogP contribution >= 0.6 is 15.9 Å². The molecule has 4 heteroatoms. The summed E-state index contributed by atoms with van der Waals surface area (Å²) in [6.45, 7) is 4.46. The average molecular weight is 288 g/mol. The molecule has 0 heterocycles. The molecule has 0 saturated carbocycles. The Morgan fingerprint density at radius 1 is 1.50 bits per heavy atom. The SMILES string of the molecule is CC(CO)CNCCOc1cccc(Br)c1. The van der Waals surface area contributed by atoms with Crippen molar-refractivity contribution in [2.45, 2.75) is 6.92 Å². The van der Waals surface area contributed by atoms with Crippen LogP contribution in [0.1, 0.15) is 6.92 Å². The Morgan fingerprint density at radius 2 is 2.31 bits per heavy atom. The summed E-state index contributed by atoms with van der Waals surface area (Å²) in [5, 5.41) is 12.0. The molecule has 0 aliphatic rings. The highest BCUT2D eigenvalue weighted by Gasteiger charge is 1.98. The summed E-state index contributed by atoms with van der Waals surface area (Å²) in [5.41, 5.74) is 0. The molecule has 1 atom stereocenters. The predicted molar refractivity (Wildman–Crippen MR) is 68.8 cm³/mol. The quantitative estimate of drug-likeness (QED) is 0.755. The Kier molecular flexibility index (Phi) is 6.45. The van der Waals surface area contributed by atoms with Gasteiger partial charge in [0.2, 0.25) is 0 Å². The molecule has 90 valence electrons. The number of hydrogen-bond donors (Lipinski definition) is 2. The molecular weight excluding hydrogens is 270 g/mol. The summed E-state index contributed by atoms with van der Waals surface area (Å²) in [6, 6.07) is 7.78. The molecule has 0 amide bonds. The van der Waals surface area contributed by atoms with Crippen molar-refractivity contribution in [3.8, 4) is 5.75 Å². The van der Waals surface area contributed by atoms with E-state index in [0.717, 1.165) is 23.3 Å². The fourth-order valence-corrected chi connectivity index (χ4v) is 1.59. The third kappa shape index (κ3) is 5.49. The van der Waals surface area contributed by atoms with Crippen LogP contribution in [0.25, 0.3) is 0 Å². The molecule has 2 N–H and O–H groups in total. The van der Waals surface area contributed by atoms with Gasteiger partial charge < -0.3 is 15.2 Å². The van der Waals surface area contributed by atoms with Crippen molar-refractivity contribution in [3.63, 3.8) is 0 Å². The van der Waals surface area contributed by atoms with Gasteiger partial charge in [0, 0.05) is 24.2 Å². The Balaban J connectivity index is 2.12. The largest absolute Gasteiger partial charge is 0.492 e. The number of aliphatic hydroxyl groups excluding tert-OH is 1. The number of nitrogens with one attached hydrogen (secondary N) is 1. The van der Waals surface area contributed by atoms with E-state index in [0.29, 0.717) is 12.5 Å². The third-order valence-corrected chi connectivity index (χ3v) is 2.64. The van der Waals surface area contributed by atoms with Crippen molar-refractivity contribution in [1.82, 2.24) is 5.32 Å². The molecule has 0 saturated heterocycles. The minimum atomic E-state index is 0.222. The van der Waals surface area contributed by atoms with Gasteiger partial charge in [-0.25, -0.2) is 0 Å².